The van der Waals surface area contributed by atoms with Gasteiger partial charge in [0.1, 0.15) is 12.1 Å². The molecule has 1 fully saturated rings. The Balaban J connectivity index is 1.38. The summed E-state index contributed by atoms with van der Waals surface area (Å²) >= 11 is 0. The lowest BCUT2D eigenvalue weighted by atomic mass is 9.90. The van der Waals surface area contributed by atoms with Crippen molar-refractivity contribution in [2.24, 2.45) is 0 Å². The molecule has 0 radical (unpaired) electrons. The molecule has 0 bridgehead atoms. The number of carbonyl (C=O) groups is 3. The molecule has 0 aliphatic carbocycles. The number of imide groups is 1. The Hall–Kier alpha value is -4.07. The summed E-state index contributed by atoms with van der Waals surface area (Å²) in [6.45, 7) is 1.66. The van der Waals surface area contributed by atoms with Gasteiger partial charge in [-0.1, -0.05) is 42.5 Å². The Morgan fingerprint density at radius 2 is 1.71 bits per heavy atom. The van der Waals surface area contributed by atoms with Crippen molar-refractivity contribution in [2.75, 3.05) is 27.3 Å². The molecular formula is C26H27N3O5. The van der Waals surface area contributed by atoms with Gasteiger partial charge in [-0.25, -0.2) is 4.79 Å². The van der Waals surface area contributed by atoms with Crippen molar-refractivity contribution in [1.29, 1.82) is 0 Å². The first-order chi connectivity index (χ1) is 16.4. The van der Waals surface area contributed by atoms with E-state index < -0.39 is 23.4 Å². The van der Waals surface area contributed by atoms with Gasteiger partial charge in [0.15, 0.2) is 11.5 Å². The number of methoxy groups -OCH3 is 2. The lowest BCUT2D eigenvalue weighted by molar-refractivity contribution is -0.134. The Labute approximate surface area is 197 Å². The Morgan fingerprint density at radius 3 is 2.44 bits per heavy atom. The molecule has 0 saturated carbocycles. The molecule has 1 heterocycles. The molecule has 0 spiro atoms. The van der Waals surface area contributed by atoms with Crippen molar-refractivity contribution in [3.05, 3.63) is 71.8 Å². The van der Waals surface area contributed by atoms with Crippen LogP contribution in [0.3, 0.4) is 0 Å². The monoisotopic (exact) mass is 461 g/mol. The lowest BCUT2D eigenvalue weighted by Gasteiger charge is -2.22. The fraction of sp³-hybridized carbons (Fsp3) is 0.269. The quantitative estimate of drug-likeness (QED) is 0.503. The molecule has 176 valence electrons. The molecule has 0 aromatic heterocycles. The van der Waals surface area contributed by atoms with Gasteiger partial charge in [-0.05, 0) is 53.4 Å². The molecule has 8 nitrogen and oxygen atoms in total. The summed E-state index contributed by atoms with van der Waals surface area (Å²) in [7, 11) is 3.13. The summed E-state index contributed by atoms with van der Waals surface area (Å²) in [5, 5.41) is 7.53. The zero-order valence-corrected chi connectivity index (χ0v) is 19.4. The van der Waals surface area contributed by atoms with Crippen LogP contribution in [0.1, 0.15) is 18.1 Å². The fourth-order valence-corrected chi connectivity index (χ4v) is 4.12. The van der Waals surface area contributed by atoms with Gasteiger partial charge < -0.3 is 20.1 Å². The predicted octanol–water partition coefficient (Wildman–Crippen LogP) is 2.98. The van der Waals surface area contributed by atoms with Crippen molar-refractivity contribution in [1.82, 2.24) is 15.5 Å². The van der Waals surface area contributed by atoms with Crippen molar-refractivity contribution in [3.8, 4) is 11.5 Å². The van der Waals surface area contributed by atoms with Crippen molar-refractivity contribution in [3.63, 3.8) is 0 Å². The normalized spacial score (nSPS) is 17.6. The third-order valence-corrected chi connectivity index (χ3v) is 6.09. The van der Waals surface area contributed by atoms with E-state index in [2.05, 4.69) is 10.6 Å². The molecule has 3 aromatic carbocycles. The van der Waals surface area contributed by atoms with E-state index in [0.717, 1.165) is 21.2 Å². The van der Waals surface area contributed by atoms with Crippen LogP contribution in [0, 0.1) is 0 Å². The number of hydrogen-bond donors (Lipinski definition) is 2. The van der Waals surface area contributed by atoms with Gasteiger partial charge in [0.25, 0.3) is 5.91 Å². The summed E-state index contributed by atoms with van der Waals surface area (Å²) in [6, 6.07) is 18.4. The number of nitrogens with one attached hydrogen (secondary N) is 2. The standard InChI is InChI=1S/C26H27N3O5/c1-26(20-10-9-18-6-4-5-7-19(18)15-20)24(31)29(25(32)28-26)16-23(30)27-13-12-17-8-11-21(33-2)22(14-17)34-3/h4-11,14-15H,12-13,16H2,1-3H3,(H,27,30)(H,28,32)/t26-/m0/s1. The number of benzene rings is 3. The van der Waals surface area contributed by atoms with E-state index in [1.807, 2.05) is 54.6 Å². The summed E-state index contributed by atoms with van der Waals surface area (Å²) in [5.74, 6) is 0.372. The zero-order valence-electron chi connectivity index (χ0n) is 19.4. The summed E-state index contributed by atoms with van der Waals surface area (Å²) in [5.41, 5.74) is 0.388. The molecule has 3 aromatic rings. The molecule has 0 unspecified atom stereocenters. The first kappa shape index (κ1) is 23.1. The maximum absolute atomic E-state index is 13.2. The molecule has 4 amide bonds. The van der Waals surface area contributed by atoms with Gasteiger partial charge in [-0.2, -0.15) is 0 Å². The summed E-state index contributed by atoms with van der Waals surface area (Å²) in [6.07, 6.45) is 0.557. The number of hydrogen-bond acceptors (Lipinski definition) is 5. The van der Waals surface area contributed by atoms with Crippen LogP contribution in [-0.2, 0) is 21.5 Å². The number of ether oxygens (including phenoxy) is 2. The second-order valence-electron chi connectivity index (χ2n) is 8.30. The van der Waals surface area contributed by atoms with Gasteiger partial charge in [-0.3, -0.25) is 14.5 Å². The average Bonchev–Trinajstić information content (AvgIpc) is 3.07. The second-order valence-corrected chi connectivity index (χ2v) is 8.30. The molecule has 1 aliphatic rings. The van der Waals surface area contributed by atoms with E-state index in [-0.39, 0.29) is 6.54 Å². The SMILES string of the molecule is COc1ccc(CCNC(=O)CN2C(=O)N[C@@](C)(c3ccc4ccccc4c3)C2=O)cc1OC. The zero-order chi connectivity index (χ0) is 24.3. The molecule has 34 heavy (non-hydrogen) atoms. The molecule has 4 rings (SSSR count). The summed E-state index contributed by atoms with van der Waals surface area (Å²) < 4.78 is 10.5. The van der Waals surface area contributed by atoms with Crippen LogP contribution in [0.2, 0.25) is 0 Å². The summed E-state index contributed by atoms with van der Waals surface area (Å²) in [4.78, 5) is 39.2. The highest BCUT2D eigenvalue weighted by Gasteiger charge is 2.49. The smallest absolute Gasteiger partial charge is 0.325 e. The van der Waals surface area contributed by atoms with E-state index in [1.54, 1.807) is 27.2 Å². The van der Waals surface area contributed by atoms with E-state index >= 15 is 0 Å². The third kappa shape index (κ3) is 4.39. The highest BCUT2D eigenvalue weighted by Crippen LogP contribution is 2.31. The van der Waals surface area contributed by atoms with E-state index in [9.17, 15) is 14.4 Å². The maximum atomic E-state index is 13.2. The topological polar surface area (TPSA) is 97.0 Å². The Bertz CT molecular complexity index is 1260. The van der Waals surface area contributed by atoms with E-state index in [4.69, 9.17) is 9.47 Å². The minimum absolute atomic E-state index is 0.347. The number of fused-ring (bicyclic) bond motifs is 1. The van der Waals surface area contributed by atoms with E-state index in [0.29, 0.717) is 30.0 Å². The minimum Gasteiger partial charge on any atom is -0.493 e. The maximum Gasteiger partial charge on any atom is 0.325 e. The first-order valence-electron chi connectivity index (χ1n) is 11.0. The Kier molecular flexibility index (Phi) is 6.40. The van der Waals surface area contributed by atoms with Gasteiger partial charge >= 0.3 is 6.03 Å². The van der Waals surface area contributed by atoms with Crippen LogP contribution in [0.15, 0.2) is 60.7 Å². The van der Waals surface area contributed by atoms with Gasteiger partial charge in [0.05, 0.1) is 14.2 Å². The lowest BCUT2D eigenvalue weighted by Crippen LogP contribution is -2.43. The van der Waals surface area contributed by atoms with Crippen LogP contribution in [0.4, 0.5) is 4.79 Å². The molecule has 1 aliphatic heterocycles. The van der Waals surface area contributed by atoms with Crippen LogP contribution in [0.5, 0.6) is 11.5 Å². The van der Waals surface area contributed by atoms with Gasteiger partial charge in [-0.15, -0.1) is 0 Å². The average molecular weight is 462 g/mol. The Morgan fingerprint density at radius 1 is 0.971 bits per heavy atom. The number of amides is 4. The number of urea groups is 1. The predicted molar refractivity (Wildman–Crippen MR) is 128 cm³/mol. The first-order valence-corrected chi connectivity index (χ1v) is 11.0. The highest BCUT2D eigenvalue weighted by molar-refractivity contribution is 6.09. The van der Waals surface area contributed by atoms with Crippen molar-refractivity contribution >= 4 is 28.6 Å². The number of nitrogens with zero attached hydrogens (tertiary/aromatic N) is 1. The molecule has 8 heteroatoms. The van der Waals surface area contributed by atoms with Crippen LogP contribution in [-0.4, -0.2) is 50.1 Å². The number of rotatable bonds is 8. The number of carbonyl (C=O) groups excluding carboxylic acids is 3. The van der Waals surface area contributed by atoms with Crippen LogP contribution in [0.25, 0.3) is 10.8 Å². The largest absolute Gasteiger partial charge is 0.493 e. The van der Waals surface area contributed by atoms with Gasteiger partial charge in [0.2, 0.25) is 5.91 Å². The molecule has 1 saturated heterocycles. The van der Waals surface area contributed by atoms with Crippen molar-refractivity contribution in [2.45, 2.75) is 18.9 Å². The fourth-order valence-electron chi connectivity index (χ4n) is 4.12. The minimum atomic E-state index is -1.24. The van der Waals surface area contributed by atoms with E-state index in [1.165, 1.54) is 0 Å². The molecule has 2 N–H and O–H groups in total. The van der Waals surface area contributed by atoms with Crippen LogP contribution < -0.4 is 20.1 Å². The third-order valence-electron chi connectivity index (χ3n) is 6.09. The highest BCUT2D eigenvalue weighted by atomic mass is 16.5. The van der Waals surface area contributed by atoms with Gasteiger partial charge in [0, 0.05) is 6.54 Å². The second kappa shape index (κ2) is 9.43. The van der Waals surface area contributed by atoms with Crippen molar-refractivity contribution < 1.29 is 23.9 Å². The van der Waals surface area contributed by atoms with Crippen LogP contribution >= 0.6 is 0 Å². The molecule has 1 atom stereocenters. The molecular weight excluding hydrogens is 434 g/mol.